The highest BCUT2D eigenvalue weighted by Gasteiger charge is 2.03. The minimum Gasteiger partial charge on any atom is -0.508 e. The summed E-state index contributed by atoms with van der Waals surface area (Å²) in [5, 5.41) is 12.3. The molecule has 0 saturated carbocycles. The van der Waals surface area contributed by atoms with E-state index in [0.29, 0.717) is 6.54 Å². The predicted molar refractivity (Wildman–Crippen MR) is 54.4 cm³/mol. The van der Waals surface area contributed by atoms with Crippen LogP contribution in [0.5, 0.6) is 5.75 Å². The quantitative estimate of drug-likeness (QED) is 0.701. The van der Waals surface area contributed by atoms with Gasteiger partial charge in [-0.3, -0.25) is 0 Å². The number of benzene rings is 1. The highest BCUT2D eigenvalue weighted by Crippen LogP contribution is 2.15. The first-order valence-corrected chi connectivity index (χ1v) is 4.34. The summed E-state index contributed by atoms with van der Waals surface area (Å²) in [6.45, 7) is 0.538. The minimum absolute atomic E-state index is 0.237. The summed E-state index contributed by atoms with van der Waals surface area (Å²) < 4.78 is 10.0. The number of nitrogens with one attached hydrogen (secondary N) is 1. The van der Waals surface area contributed by atoms with Crippen LogP contribution < -0.4 is 5.32 Å². The van der Waals surface area contributed by atoms with Crippen LogP contribution in [0.4, 0.5) is 5.69 Å². The van der Waals surface area contributed by atoms with E-state index in [1.807, 2.05) is 6.07 Å². The Morgan fingerprint density at radius 1 is 1.36 bits per heavy atom. The Morgan fingerprint density at radius 3 is 2.64 bits per heavy atom. The first-order valence-electron chi connectivity index (χ1n) is 4.34. The molecule has 0 fully saturated rings. The molecule has 0 heterocycles. The monoisotopic (exact) mass is 197 g/mol. The van der Waals surface area contributed by atoms with E-state index in [9.17, 15) is 5.11 Å². The standard InChI is InChI=1S/C10H15NO3/c1-13-10(14-2)7-11-8-4-3-5-9(12)6-8/h3-6,10-12H,7H2,1-2H3. The van der Waals surface area contributed by atoms with Crippen LogP contribution in [0.25, 0.3) is 0 Å². The zero-order valence-electron chi connectivity index (χ0n) is 8.36. The van der Waals surface area contributed by atoms with Gasteiger partial charge in [0, 0.05) is 26.0 Å². The molecule has 1 aromatic carbocycles. The highest BCUT2D eigenvalue weighted by molar-refractivity contribution is 5.47. The molecule has 2 N–H and O–H groups in total. The van der Waals surface area contributed by atoms with Gasteiger partial charge < -0.3 is 19.9 Å². The molecule has 0 aromatic heterocycles. The van der Waals surface area contributed by atoms with Gasteiger partial charge >= 0.3 is 0 Å². The lowest BCUT2D eigenvalue weighted by Crippen LogP contribution is -2.23. The van der Waals surface area contributed by atoms with Crippen molar-refractivity contribution in [3.05, 3.63) is 24.3 Å². The molecule has 0 spiro atoms. The molecule has 1 aromatic rings. The largest absolute Gasteiger partial charge is 0.508 e. The number of anilines is 1. The molecule has 1 rings (SSSR count). The van der Waals surface area contributed by atoms with Crippen LogP contribution in [0.3, 0.4) is 0 Å². The molecular weight excluding hydrogens is 182 g/mol. The molecule has 78 valence electrons. The number of phenolic OH excluding ortho intramolecular Hbond substituents is 1. The number of phenols is 1. The van der Waals surface area contributed by atoms with Crippen molar-refractivity contribution in [2.75, 3.05) is 26.1 Å². The zero-order valence-corrected chi connectivity index (χ0v) is 8.36. The molecule has 0 radical (unpaired) electrons. The molecule has 0 atom stereocenters. The molecule has 0 saturated heterocycles. The molecule has 4 heteroatoms. The third-order valence-electron chi connectivity index (χ3n) is 1.84. The normalized spacial score (nSPS) is 10.5. The van der Waals surface area contributed by atoms with Gasteiger partial charge in [0.05, 0.1) is 6.54 Å². The Labute approximate surface area is 83.5 Å². The highest BCUT2D eigenvalue weighted by atomic mass is 16.7. The van der Waals surface area contributed by atoms with Crippen LogP contribution in [-0.2, 0) is 9.47 Å². The molecule has 4 nitrogen and oxygen atoms in total. The molecule has 0 bridgehead atoms. The maximum Gasteiger partial charge on any atom is 0.173 e. The molecular formula is C10H15NO3. The number of aromatic hydroxyl groups is 1. The van der Waals surface area contributed by atoms with E-state index in [1.165, 1.54) is 0 Å². The topological polar surface area (TPSA) is 50.7 Å². The van der Waals surface area contributed by atoms with E-state index in [4.69, 9.17) is 9.47 Å². The second-order valence-corrected chi connectivity index (χ2v) is 2.83. The number of ether oxygens (including phenoxy) is 2. The van der Waals surface area contributed by atoms with Crippen molar-refractivity contribution in [3.8, 4) is 5.75 Å². The first kappa shape index (κ1) is 10.8. The smallest absolute Gasteiger partial charge is 0.173 e. The van der Waals surface area contributed by atoms with Crippen molar-refractivity contribution in [1.82, 2.24) is 0 Å². The minimum atomic E-state index is -0.280. The van der Waals surface area contributed by atoms with Crippen molar-refractivity contribution in [3.63, 3.8) is 0 Å². The summed E-state index contributed by atoms with van der Waals surface area (Å²) in [5.41, 5.74) is 0.837. The third-order valence-corrected chi connectivity index (χ3v) is 1.84. The van der Waals surface area contributed by atoms with Crippen molar-refractivity contribution < 1.29 is 14.6 Å². The maximum atomic E-state index is 9.19. The SMILES string of the molecule is COC(CNc1cccc(O)c1)OC. The Balaban J connectivity index is 2.44. The zero-order chi connectivity index (χ0) is 10.4. The predicted octanol–water partition coefficient (Wildman–Crippen LogP) is 1.42. The van der Waals surface area contributed by atoms with Crippen LogP contribution in [0.1, 0.15) is 0 Å². The lowest BCUT2D eigenvalue weighted by atomic mass is 10.3. The summed E-state index contributed by atoms with van der Waals surface area (Å²) in [5.74, 6) is 0.237. The van der Waals surface area contributed by atoms with Crippen LogP contribution in [-0.4, -0.2) is 32.2 Å². The van der Waals surface area contributed by atoms with Gasteiger partial charge in [0.15, 0.2) is 6.29 Å². The van der Waals surface area contributed by atoms with Gasteiger partial charge in [-0.15, -0.1) is 0 Å². The fraction of sp³-hybridized carbons (Fsp3) is 0.400. The molecule has 0 amide bonds. The average Bonchev–Trinajstić information content (AvgIpc) is 2.19. The third kappa shape index (κ3) is 3.24. The van der Waals surface area contributed by atoms with Crippen molar-refractivity contribution in [2.45, 2.75) is 6.29 Å². The summed E-state index contributed by atoms with van der Waals surface area (Å²) in [7, 11) is 3.16. The van der Waals surface area contributed by atoms with Gasteiger partial charge in [0.25, 0.3) is 0 Å². The molecule has 14 heavy (non-hydrogen) atoms. The van der Waals surface area contributed by atoms with Crippen molar-refractivity contribution >= 4 is 5.69 Å². The van der Waals surface area contributed by atoms with E-state index in [0.717, 1.165) is 5.69 Å². The maximum absolute atomic E-state index is 9.19. The Kier molecular flexibility index (Phi) is 4.22. The lowest BCUT2D eigenvalue weighted by molar-refractivity contribution is -0.0914. The number of rotatable bonds is 5. The summed E-state index contributed by atoms with van der Waals surface area (Å²) in [4.78, 5) is 0. The summed E-state index contributed by atoms with van der Waals surface area (Å²) in [6, 6.07) is 6.89. The molecule has 0 unspecified atom stereocenters. The van der Waals surface area contributed by atoms with Gasteiger partial charge in [-0.25, -0.2) is 0 Å². The van der Waals surface area contributed by atoms with Crippen LogP contribution >= 0.6 is 0 Å². The van der Waals surface area contributed by atoms with Gasteiger partial charge in [-0.1, -0.05) is 6.07 Å². The van der Waals surface area contributed by atoms with Gasteiger partial charge in [0.1, 0.15) is 5.75 Å². The number of methoxy groups -OCH3 is 2. The van der Waals surface area contributed by atoms with Crippen molar-refractivity contribution in [1.29, 1.82) is 0 Å². The van der Waals surface area contributed by atoms with Gasteiger partial charge in [-0.2, -0.15) is 0 Å². The average molecular weight is 197 g/mol. The Hall–Kier alpha value is -1.26. The summed E-state index contributed by atoms with van der Waals surface area (Å²) >= 11 is 0. The second kappa shape index (κ2) is 5.47. The van der Waals surface area contributed by atoms with E-state index in [1.54, 1.807) is 32.4 Å². The summed E-state index contributed by atoms with van der Waals surface area (Å²) in [6.07, 6.45) is -0.280. The van der Waals surface area contributed by atoms with E-state index in [-0.39, 0.29) is 12.0 Å². The van der Waals surface area contributed by atoms with Gasteiger partial charge in [0.2, 0.25) is 0 Å². The second-order valence-electron chi connectivity index (χ2n) is 2.83. The fourth-order valence-electron chi connectivity index (χ4n) is 1.08. The first-order chi connectivity index (χ1) is 6.76. The molecule has 0 aliphatic rings. The van der Waals surface area contributed by atoms with Crippen molar-refractivity contribution in [2.24, 2.45) is 0 Å². The Morgan fingerprint density at radius 2 is 2.07 bits per heavy atom. The Bertz CT molecular complexity index is 274. The van der Waals surface area contributed by atoms with E-state index >= 15 is 0 Å². The van der Waals surface area contributed by atoms with Crippen LogP contribution in [0.15, 0.2) is 24.3 Å². The van der Waals surface area contributed by atoms with Gasteiger partial charge in [-0.05, 0) is 12.1 Å². The molecule has 0 aliphatic carbocycles. The van der Waals surface area contributed by atoms with Crippen LogP contribution in [0.2, 0.25) is 0 Å². The molecule has 0 aliphatic heterocycles. The van der Waals surface area contributed by atoms with E-state index < -0.39 is 0 Å². The fourth-order valence-corrected chi connectivity index (χ4v) is 1.08. The lowest BCUT2D eigenvalue weighted by Gasteiger charge is -2.14. The van der Waals surface area contributed by atoms with E-state index in [2.05, 4.69) is 5.32 Å². The number of hydrogen-bond acceptors (Lipinski definition) is 4. The van der Waals surface area contributed by atoms with Crippen LogP contribution in [0, 0.1) is 0 Å². The number of hydrogen-bond donors (Lipinski definition) is 2.